The van der Waals surface area contributed by atoms with Crippen molar-refractivity contribution in [1.29, 1.82) is 0 Å². The van der Waals surface area contributed by atoms with Crippen LogP contribution in [0.25, 0.3) is 0 Å². The van der Waals surface area contributed by atoms with Gasteiger partial charge in [0.1, 0.15) is 5.75 Å². The first kappa shape index (κ1) is 17.8. The summed E-state index contributed by atoms with van der Waals surface area (Å²) in [5, 5.41) is 0. The Morgan fingerprint density at radius 3 is 2.48 bits per heavy atom. The smallest absolute Gasteiger partial charge is 0.236 e. The molecule has 0 unspecified atom stereocenters. The number of likely N-dealkylation sites (tertiary alicyclic amines) is 1. The molecule has 0 aromatic heterocycles. The van der Waals surface area contributed by atoms with E-state index < -0.39 is 0 Å². The van der Waals surface area contributed by atoms with Crippen molar-refractivity contribution in [3.63, 3.8) is 0 Å². The van der Waals surface area contributed by atoms with Gasteiger partial charge in [0, 0.05) is 13.1 Å². The van der Waals surface area contributed by atoms with E-state index in [9.17, 15) is 4.79 Å². The maximum atomic E-state index is 12.2. The molecule has 0 aliphatic carbocycles. The van der Waals surface area contributed by atoms with E-state index in [1.165, 1.54) is 5.56 Å². The molecule has 23 heavy (non-hydrogen) atoms. The molecule has 0 N–H and O–H groups in total. The van der Waals surface area contributed by atoms with Crippen LogP contribution in [0.2, 0.25) is 0 Å². The number of carbonyl (C=O) groups is 1. The molecule has 2 rings (SSSR count). The van der Waals surface area contributed by atoms with Gasteiger partial charge in [0.25, 0.3) is 0 Å². The van der Waals surface area contributed by atoms with E-state index >= 15 is 0 Å². The van der Waals surface area contributed by atoms with Crippen LogP contribution >= 0.6 is 0 Å². The highest BCUT2D eigenvalue weighted by Crippen LogP contribution is 2.26. The Morgan fingerprint density at radius 2 is 1.87 bits per heavy atom. The summed E-state index contributed by atoms with van der Waals surface area (Å²) in [6.07, 6.45) is 3.38. The van der Waals surface area contributed by atoms with Gasteiger partial charge in [-0.3, -0.25) is 9.69 Å². The van der Waals surface area contributed by atoms with Gasteiger partial charge in [0.05, 0.1) is 13.7 Å². The summed E-state index contributed by atoms with van der Waals surface area (Å²) in [5.74, 6) is 1.94. The molecule has 1 aliphatic rings. The van der Waals surface area contributed by atoms with E-state index in [0.29, 0.717) is 12.5 Å². The van der Waals surface area contributed by atoms with Crippen molar-refractivity contribution in [2.24, 2.45) is 5.92 Å². The molecule has 1 aliphatic heterocycles. The maximum absolute atomic E-state index is 12.2. The van der Waals surface area contributed by atoms with Crippen molar-refractivity contribution >= 4 is 5.91 Å². The summed E-state index contributed by atoms with van der Waals surface area (Å²) in [4.78, 5) is 16.4. The van der Waals surface area contributed by atoms with Crippen LogP contribution in [0.15, 0.2) is 24.3 Å². The number of hydrogen-bond donors (Lipinski definition) is 0. The van der Waals surface area contributed by atoms with E-state index in [1.807, 2.05) is 30.9 Å². The Kier molecular flexibility index (Phi) is 6.90. The van der Waals surface area contributed by atoms with Gasteiger partial charge in [0.2, 0.25) is 5.91 Å². The highest BCUT2D eigenvalue weighted by atomic mass is 16.5. The Morgan fingerprint density at radius 1 is 1.22 bits per heavy atom. The molecular formula is C19H30N2O2. The molecule has 4 nitrogen and oxygen atoms in total. The van der Waals surface area contributed by atoms with Crippen LogP contribution in [0.5, 0.6) is 5.75 Å². The number of nitrogens with zero attached hydrogens (tertiary/aromatic N) is 2. The Hall–Kier alpha value is -1.55. The van der Waals surface area contributed by atoms with Crippen LogP contribution in [-0.4, -0.2) is 55.5 Å². The summed E-state index contributed by atoms with van der Waals surface area (Å²) >= 11 is 0. The third kappa shape index (κ3) is 4.96. The SMILES string of the molecule is CCN(CC)C(=O)CN1CCC(Cc2ccccc2OC)CC1. The Labute approximate surface area is 140 Å². The number of rotatable bonds is 7. The second-order valence-electron chi connectivity index (χ2n) is 6.30. The van der Waals surface area contributed by atoms with Crippen LogP contribution in [-0.2, 0) is 11.2 Å². The zero-order chi connectivity index (χ0) is 16.7. The average Bonchev–Trinajstić information content (AvgIpc) is 2.58. The molecule has 1 fully saturated rings. The van der Waals surface area contributed by atoms with E-state index in [1.54, 1.807) is 7.11 Å². The van der Waals surface area contributed by atoms with Gasteiger partial charge in [-0.25, -0.2) is 0 Å². The molecule has 1 saturated heterocycles. The van der Waals surface area contributed by atoms with Gasteiger partial charge >= 0.3 is 0 Å². The van der Waals surface area contributed by atoms with Gasteiger partial charge < -0.3 is 9.64 Å². The summed E-state index contributed by atoms with van der Waals surface area (Å²) < 4.78 is 5.45. The number of amides is 1. The number of hydrogen-bond acceptors (Lipinski definition) is 3. The van der Waals surface area contributed by atoms with Gasteiger partial charge in [-0.2, -0.15) is 0 Å². The number of methoxy groups -OCH3 is 1. The molecule has 1 aromatic rings. The lowest BCUT2D eigenvalue weighted by Gasteiger charge is -2.33. The van der Waals surface area contributed by atoms with Crippen molar-refractivity contribution in [2.45, 2.75) is 33.1 Å². The van der Waals surface area contributed by atoms with Crippen LogP contribution in [0, 0.1) is 5.92 Å². The van der Waals surface area contributed by atoms with Crippen molar-refractivity contribution in [3.05, 3.63) is 29.8 Å². The second kappa shape index (κ2) is 8.92. The molecule has 0 bridgehead atoms. The zero-order valence-electron chi connectivity index (χ0n) is 14.8. The fraction of sp³-hybridized carbons (Fsp3) is 0.632. The first-order valence-electron chi connectivity index (χ1n) is 8.79. The van der Waals surface area contributed by atoms with E-state index in [-0.39, 0.29) is 5.91 Å². The average molecular weight is 318 g/mol. The molecule has 128 valence electrons. The highest BCUT2D eigenvalue weighted by molar-refractivity contribution is 5.78. The van der Waals surface area contributed by atoms with Gasteiger partial charge in [-0.05, 0) is 63.7 Å². The minimum Gasteiger partial charge on any atom is -0.496 e. The largest absolute Gasteiger partial charge is 0.496 e. The fourth-order valence-electron chi connectivity index (χ4n) is 3.40. The summed E-state index contributed by atoms with van der Waals surface area (Å²) in [5.41, 5.74) is 1.30. The molecule has 1 amide bonds. The van der Waals surface area contributed by atoms with E-state index in [0.717, 1.165) is 51.2 Å². The lowest BCUT2D eigenvalue weighted by atomic mass is 9.90. The number of ether oxygens (including phenoxy) is 1. The van der Waals surface area contributed by atoms with Crippen molar-refractivity contribution in [1.82, 2.24) is 9.80 Å². The third-order valence-electron chi connectivity index (χ3n) is 4.88. The standard InChI is InChI=1S/C19H30N2O2/c1-4-21(5-2)19(22)15-20-12-10-16(11-13-20)14-17-8-6-7-9-18(17)23-3/h6-9,16H,4-5,10-15H2,1-3H3. The van der Waals surface area contributed by atoms with E-state index in [2.05, 4.69) is 17.0 Å². The second-order valence-corrected chi connectivity index (χ2v) is 6.30. The topological polar surface area (TPSA) is 32.8 Å². The first-order chi connectivity index (χ1) is 11.2. The van der Waals surface area contributed by atoms with Gasteiger partial charge in [-0.1, -0.05) is 18.2 Å². The van der Waals surface area contributed by atoms with Crippen LogP contribution < -0.4 is 4.74 Å². The predicted octanol–water partition coefficient (Wildman–Crippen LogP) is 2.82. The molecule has 0 saturated carbocycles. The summed E-state index contributed by atoms with van der Waals surface area (Å²) in [6.45, 7) is 8.31. The van der Waals surface area contributed by atoms with Crippen LogP contribution in [0.1, 0.15) is 32.3 Å². The minimum atomic E-state index is 0.262. The molecule has 1 aromatic carbocycles. The number of benzene rings is 1. The summed E-state index contributed by atoms with van der Waals surface area (Å²) in [7, 11) is 1.74. The maximum Gasteiger partial charge on any atom is 0.236 e. The van der Waals surface area contributed by atoms with Crippen molar-refractivity contribution < 1.29 is 9.53 Å². The molecule has 0 radical (unpaired) electrons. The molecule has 0 spiro atoms. The molecular weight excluding hydrogens is 288 g/mol. The number of piperidine rings is 1. The van der Waals surface area contributed by atoms with Gasteiger partial charge in [-0.15, -0.1) is 0 Å². The van der Waals surface area contributed by atoms with Crippen LogP contribution in [0.3, 0.4) is 0 Å². The highest BCUT2D eigenvalue weighted by Gasteiger charge is 2.23. The molecule has 0 atom stereocenters. The number of carbonyl (C=O) groups excluding carboxylic acids is 1. The predicted molar refractivity (Wildman–Crippen MR) is 93.8 cm³/mol. The molecule has 4 heteroatoms. The fourth-order valence-corrected chi connectivity index (χ4v) is 3.40. The van der Waals surface area contributed by atoms with Crippen molar-refractivity contribution in [2.75, 3.05) is 39.8 Å². The summed E-state index contributed by atoms with van der Waals surface area (Å²) in [6, 6.07) is 8.29. The molecule has 1 heterocycles. The normalized spacial score (nSPS) is 16.3. The monoisotopic (exact) mass is 318 g/mol. The Bertz CT molecular complexity index is 492. The quantitative estimate of drug-likeness (QED) is 0.775. The number of likely N-dealkylation sites (N-methyl/N-ethyl adjacent to an activating group) is 1. The lowest BCUT2D eigenvalue weighted by molar-refractivity contribution is -0.132. The van der Waals surface area contributed by atoms with Crippen molar-refractivity contribution in [3.8, 4) is 5.75 Å². The number of para-hydroxylation sites is 1. The van der Waals surface area contributed by atoms with E-state index in [4.69, 9.17) is 4.74 Å². The minimum absolute atomic E-state index is 0.262. The lowest BCUT2D eigenvalue weighted by Crippen LogP contribution is -2.43. The Balaban J connectivity index is 1.81. The zero-order valence-corrected chi connectivity index (χ0v) is 14.8. The van der Waals surface area contributed by atoms with Gasteiger partial charge in [0.15, 0.2) is 0 Å². The first-order valence-corrected chi connectivity index (χ1v) is 8.79. The van der Waals surface area contributed by atoms with Crippen LogP contribution in [0.4, 0.5) is 0 Å². The third-order valence-corrected chi connectivity index (χ3v) is 4.88.